The molecule has 0 aliphatic heterocycles. The maximum absolute atomic E-state index is 11.4. The number of phenolic OH excluding ortho intramolecular Hbond substituents is 1. The lowest BCUT2D eigenvalue weighted by Crippen LogP contribution is -2.02. The normalized spacial score (nSPS) is 10.8. The number of aldehydes is 1. The number of allylic oxidation sites excluding steroid dienone is 1. The Bertz CT molecular complexity index is 814. The van der Waals surface area contributed by atoms with Gasteiger partial charge in [0.2, 0.25) is 0 Å². The van der Waals surface area contributed by atoms with E-state index < -0.39 is 5.97 Å². The summed E-state index contributed by atoms with van der Waals surface area (Å²) < 4.78 is 4.92. The second-order valence-corrected chi connectivity index (χ2v) is 4.89. The first kappa shape index (κ1) is 17.0. The van der Waals surface area contributed by atoms with Gasteiger partial charge in [0.1, 0.15) is 11.5 Å². The first-order valence-corrected chi connectivity index (χ1v) is 7.14. The predicted molar refractivity (Wildman–Crippen MR) is 94.4 cm³/mol. The smallest absolute Gasteiger partial charge is 0.335 e. The Kier molecular flexibility index (Phi) is 5.47. The molecule has 120 valence electrons. The van der Waals surface area contributed by atoms with Crippen LogP contribution in [0.2, 0.25) is 0 Å². The molecule has 4 nitrogen and oxygen atoms in total. The second kappa shape index (κ2) is 7.74. The number of ether oxygens (including phenoxy) is 1. The Morgan fingerprint density at radius 1 is 1.08 bits per heavy atom. The maximum Gasteiger partial charge on any atom is 0.335 e. The fourth-order valence-corrected chi connectivity index (χ4v) is 2.03. The van der Waals surface area contributed by atoms with Gasteiger partial charge in [-0.15, -0.1) is 0 Å². The van der Waals surface area contributed by atoms with Crippen molar-refractivity contribution in [1.29, 1.82) is 0 Å². The highest BCUT2D eigenvalue weighted by Gasteiger charge is 2.07. The van der Waals surface area contributed by atoms with Crippen LogP contribution in [0.15, 0.2) is 61.7 Å². The quantitative estimate of drug-likeness (QED) is 0.288. The first-order valence-electron chi connectivity index (χ1n) is 7.14. The SMILES string of the molecule is C=CC(=O)Oc1ccc(/C=C(\C=O)c2ccc(C=C)cc2)c(O)c1. The number of benzene rings is 2. The van der Waals surface area contributed by atoms with E-state index in [0.29, 0.717) is 17.4 Å². The van der Waals surface area contributed by atoms with Gasteiger partial charge in [-0.3, -0.25) is 4.79 Å². The molecule has 0 unspecified atom stereocenters. The molecule has 0 aliphatic rings. The molecule has 0 bridgehead atoms. The van der Waals surface area contributed by atoms with Crippen molar-refractivity contribution in [2.75, 3.05) is 0 Å². The number of aromatic hydroxyl groups is 1. The van der Waals surface area contributed by atoms with Crippen molar-refractivity contribution in [2.45, 2.75) is 0 Å². The van der Waals surface area contributed by atoms with Gasteiger partial charge in [0, 0.05) is 23.3 Å². The zero-order valence-electron chi connectivity index (χ0n) is 12.9. The monoisotopic (exact) mass is 320 g/mol. The molecule has 0 atom stereocenters. The van der Waals surface area contributed by atoms with Crippen molar-refractivity contribution in [3.8, 4) is 11.5 Å². The largest absolute Gasteiger partial charge is 0.507 e. The number of carbonyl (C=O) groups is 2. The molecule has 0 aromatic heterocycles. The highest BCUT2D eigenvalue weighted by Crippen LogP contribution is 2.27. The molecule has 0 aliphatic carbocycles. The van der Waals surface area contributed by atoms with Gasteiger partial charge in [0.25, 0.3) is 0 Å². The molecule has 2 rings (SSSR count). The average molecular weight is 320 g/mol. The number of hydrogen-bond donors (Lipinski definition) is 1. The van der Waals surface area contributed by atoms with Crippen LogP contribution in [0.5, 0.6) is 11.5 Å². The molecule has 0 amide bonds. The number of rotatable bonds is 6. The Balaban J connectivity index is 2.32. The van der Waals surface area contributed by atoms with E-state index in [9.17, 15) is 14.7 Å². The van der Waals surface area contributed by atoms with Gasteiger partial charge >= 0.3 is 5.97 Å². The number of hydrogen-bond acceptors (Lipinski definition) is 4. The van der Waals surface area contributed by atoms with Crippen molar-refractivity contribution in [2.24, 2.45) is 0 Å². The molecule has 2 aromatic carbocycles. The van der Waals surface area contributed by atoms with Gasteiger partial charge in [0.15, 0.2) is 6.29 Å². The van der Waals surface area contributed by atoms with E-state index in [1.807, 2.05) is 12.1 Å². The van der Waals surface area contributed by atoms with Gasteiger partial charge in [-0.1, -0.05) is 43.5 Å². The van der Waals surface area contributed by atoms with Crippen LogP contribution in [0.25, 0.3) is 17.7 Å². The van der Waals surface area contributed by atoms with Crippen LogP contribution in [0, 0.1) is 0 Å². The summed E-state index contributed by atoms with van der Waals surface area (Å²) in [4.78, 5) is 22.5. The predicted octanol–water partition coefficient (Wildman–Crippen LogP) is 3.87. The van der Waals surface area contributed by atoms with Crippen molar-refractivity contribution in [3.63, 3.8) is 0 Å². The highest BCUT2D eigenvalue weighted by molar-refractivity contribution is 6.13. The third kappa shape index (κ3) is 4.08. The fourth-order valence-electron chi connectivity index (χ4n) is 2.03. The minimum absolute atomic E-state index is 0.105. The summed E-state index contributed by atoms with van der Waals surface area (Å²) in [7, 11) is 0. The van der Waals surface area contributed by atoms with E-state index in [2.05, 4.69) is 13.2 Å². The topological polar surface area (TPSA) is 63.6 Å². The zero-order valence-corrected chi connectivity index (χ0v) is 12.9. The van der Waals surface area contributed by atoms with Crippen LogP contribution >= 0.6 is 0 Å². The third-order valence-electron chi connectivity index (χ3n) is 3.30. The summed E-state index contributed by atoms with van der Waals surface area (Å²) in [5, 5.41) is 10.1. The Labute approximate surface area is 140 Å². The standard InChI is InChI=1S/C20H16O4/c1-3-14-5-7-15(8-6-14)17(13-21)11-16-9-10-18(12-19(16)22)24-20(23)4-2/h3-13,22H,1-2H2/b17-11+. The van der Waals surface area contributed by atoms with E-state index in [1.165, 1.54) is 12.1 Å². The van der Waals surface area contributed by atoms with Crippen LogP contribution in [0.3, 0.4) is 0 Å². The molecular formula is C20H16O4. The van der Waals surface area contributed by atoms with E-state index in [0.717, 1.165) is 17.2 Å². The number of esters is 1. The lowest BCUT2D eigenvalue weighted by atomic mass is 10.0. The van der Waals surface area contributed by atoms with Crippen LogP contribution in [0.1, 0.15) is 16.7 Å². The number of carbonyl (C=O) groups excluding carboxylic acids is 2. The molecule has 0 radical (unpaired) electrons. The van der Waals surface area contributed by atoms with Gasteiger partial charge in [-0.25, -0.2) is 4.79 Å². The average Bonchev–Trinajstić information content (AvgIpc) is 2.61. The van der Waals surface area contributed by atoms with Gasteiger partial charge in [-0.05, 0) is 29.3 Å². The molecule has 0 spiro atoms. The van der Waals surface area contributed by atoms with Gasteiger partial charge < -0.3 is 9.84 Å². The molecule has 24 heavy (non-hydrogen) atoms. The number of phenols is 1. The summed E-state index contributed by atoms with van der Waals surface area (Å²) in [5.74, 6) is -0.530. The van der Waals surface area contributed by atoms with Crippen LogP contribution in [0.4, 0.5) is 0 Å². The van der Waals surface area contributed by atoms with Crippen molar-refractivity contribution >= 4 is 30.0 Å². The Morgan fingerprint density at radius 2 is 1.79 bits per heavy atom. The lowest BCUT2D eigenvalue weighted by molar-refractivity contribution is -0.128. The summed E-state index contributed by atoms with van der Waals surface area (Å²) >= 11 is 0. The molecule has 0 heterocycles. The van der Waals surface area contributed by atoms with E-state index >= 15 is 0 Å². The maximum atomic E-state index is 11.4. The molecule has 2 aromatic rings. The van der Waals surface area contributed by atoms with E-state index in [1.54, 1.807) is 30.4 Å². The molecular weight excluding hydrogens is 304 g/mol. The third-order valence-corrected chi connectivity index (χ3v) is 3.30. The zero-order chi connectivity index (χ0) is 17.5. The van der Waals surface area contributed by atoms with Crippen molar-refractivity contribution in [1.82, 2.24) is 0 Å². The Morgan fingerprint density at radius 3 is 2.33 bits per heavy atom. The van der Waals surface area contributed by atoms with E-state index in [4.69, 9.17) is 4.74 Å². The van der Waals surface area contributed by atoms with Crippen LogP contribution in [-0.4, -0.2) is 17.4 Å². The molecule has 4 heteroatoms. The van der Waals surface area contributed by atoms with Crippen molar-refractivity contribution in [3.05, 3.63) is 78.4 Å². The van der Waals surface area contributed by atoms with Crippen molar-refractivity contribution < 1.29 is 19.4 Å². The van der Waals surface area contributed by atoms with Gasteiger partial charge in [0.05, 0.1) is 0 Å². The molecule has 0 saturated carbocycles. The minimum Gasteiger partial charge on any atom is -0.507 e. The summed E-state index contributed by atoms with van der Waals surface area (Å²) in [5.41, 5.74) is 2.51. The van der Waals surface area contributed by atoms with E-state index in [-0.39, 0.29) is 11.5 Å². The minimum atomic E-state index is -0.617. The van der Waals surface area contributed by atoms with Gasteiger partial charge in [-0.2, -0.15) is 0 Å². The Hall–Kier alpha value is -3.40. The first-order chi connectivity index (χ1) is 11.6. The molecule has 0 fully saturated rings. The second-order valence-electron chi connectivity index (χ2n) is 4.89. The molecule has 0 saturated heterocycles. The summed E-state index contributed by atoms with van der Waals surface area (Å²) in [6.45, 7) is 6.98. The fraction of sp³-hybridized carbons (Fsp3) is 0. The summed E-state index contributed by atoms with van der Waals surface area (Å²) in [6.07, 6.45) is 5.02. The highest BCUT2D eigenvalue weighted by atomic mass is 16.5. The lowest BCUT2D eigenvalue weighted by Gasteiger charge is -2.06. The summed E-state index contributed by atoms with van der Waals surface area (Å²) in [6, 6.07) is 11.7. The molecule has 1 N–H and O–H groups in total. The van der Waals surface area contributed by atoms with Crippen LogP contribution in [-0.2, 0) is 9.59 Å². The van der Waals surface area contributed by atoms with Crippen LogP contribution < -0.4 is 4.74 Å².